The van der Waals surface area contributed by atoms with Gasteiger partial charge in [-0.05, 0) is 43.0 Å². The van der Waals surface area contributed by atoms with E-state index in [0.29, 0.717) is 19.5 Å². The van der Waals surface area contributed by atoms with Crippen molar-refractivity contribution in [3.8, 4) is 0 Å². The van der Waals surface area contributed by atoms with Crippen molar-refractivity contribution in [2.24, 2.45) is 0 Å². The molecule has 1 aromatic heterocycles. The Morgan fingerprint density at radius 3 is 2.36 bits per heavy atom. The van der Waals surface area contributed by atoms with Crippen LogP contribution in [0.3, 0.4) is 0 Å². The number of alkyl carbamates (subject to hydrolysis) is 1. The summed E-state index contributed by atoms with van der Waals surface area (Å²) in [5, 5.41) is 7.51. The number of benzene rings is 2. The first-order valence-electron chi connectivity index (χ1n) is 14.0. The van der Waals surface area contributed by atoms with E-state index in [9.17, 15) is 31.5 Å². The summed E-state index contributed by atoms with van der Waals surface area (Å²) < 4.78 is 76.0. The SMILES string of the molecule is Cc1ccc(C(CC(=O)Nc2cncc(F)c2CC[C@@H]2CNC[C@@H](COC(=O)NCC(F)(F)F)O2)c2ccc(F)cc2)cc1. The van der Waals surface area contributed by atoms with Gasteiger partial charge in [-0.25, -0.2) is 13.6 Å². The van der Waals surface area contributed by atoms with Gasteiger partial charge in [0.25, 0.3) is 0 Å². The quantitative estimate of drug-likeness (QED) is 0.248. The molecule has 0 aliphatic carbocycles. The van der Waals surface area contributed by atoms with Gasteiger partial charge in [0, 0.05) is 31.0 Å². The summed E-state index contributed by atoms with van der Waals surface area (Å²) in [6, 6.07) is 13.6. The Balaban J connectivity index is 1.36. The standard InChI is InChI=1S/C31H33F5N4O4/c1-19-2-4-20(5-3-19)26(21-6-8-22(32)9-7-21)12-29(41)40-28-16-38-15-27(33)25(28)11-10-23-13-37-14-24(44-23)17-43-30(42)39-18-31(34,35)36/h2-9,15-16,23-24,26,37H,10-14,17-18H2,1H3,(H,39,42)(H,40,41)/t23-,24+,26?/m1/s1. The summed E-state index contributed by atoms with van der Waals surface area (Å²) >= 11 is 0. The third kappa shape index (κ3) is 9.98. The Morgan fingerprint density at radius 2 is 1.68 bits per heavy atom. The normalized spacial score (nSPS) is 17.5. The average Bonchev–Trinajstić information content (AvgIpc) is 2.98. The number of rotatable bonds is 11. The van der Waals surface area contributed by atoms with E-state index in [1.54, 1.807) is 17.4 Å². The Kier molecular flexibility index (Phi) is 11.2. The van der Waals surface area contributed by atoms with E-state index in [2.05, 4.69) is 15.6 Å². The van der Waals surface area contributed by atoms with Gasteiger partial charge in [-0.2, -0.15) is 13.2 Å². The number of hydrogen-bond acceptors (Lipinski definition) is 6. The third-order valence-corrected chi connectivity index (χ3v) is 7.10. The van der Waals surface area contributed by atoms with E-state index >= 15 is 0 Å². The Bertz CT molecular complexity index is 1360. The summed E-state index contributed by atoms with van der Waals surface area (Å²) in [6.45, 7) is 0.901. The minimum atomic E-state index is -4.56. The number of morpholine rings is 1. The summed E-state index contributed by atoms with van der Waals surface area (Å²) in [5.74, 6) is -1.76. The summed E-state index contributed by atoms with van der Waals surface area (Å²) in [4.78, 5) is 28.7. The van der Waals surface area contributed by atoms with Crippen LogP contribution in [0.15, 0.2) is 60.9 Å². The second-order valence-corrected chi connectivity index (χ2v) is 10.6. The highest BCUT2D eigenvalue weighted by atomic mass is 19.4. The van der Waals surface area contributed by atoms with Gasteiger partial charge < -0.3 is 25.4 Å². The van der Waals surface area contributed by atoms with Crippen LogP contribution in [0, 0.1) is 18.6 Å². The number of pyridine rings is 1. The van der Waals surface area contributed by atoms with Crippen molar-refractivity contribution in [3.05, 3.63) is 94.8 Å². The molecule has 2 heterocycles. The fraction of sp³-hybridized carbons (Fsp3) is 0.387. The number of alkyl halides is 3. The molecule has 1 saturated heterocycles. The molecule has 1 fully saturated rings. The number of anilines is 1. The zero-order valence-electron chi connectivity index (χ0n) is 23.9. The number of aromatic nitrogens is 1. The van der Waals surface area contributed by atoms with E-state index in [0.717, 1.165) is 22.9 Å². The van der Waals surface area contributed by atoms with Crippen LogP contribution in [0.1, 0.15) is 41.0 Å². The lowest BCUT2D eigenvalue weighted by molar-refractivity contribution is -0.124. The highest BCUT2D eigenvalue weighted by Crippen LogP contribution is 2.30. The molecular formula is C31H33F5N4O4. The Labute approximate surface area is 251 Å². The number of nitrogens with one attached hydrogen (secondary N) is 3. The number of aryl methyl sites for hydroxylation is 1. The molecule has 1 aliphatic rings. The van der Waals surface area contributed by atoms with E-state index in [4.69, 9.17) is 9.47 Å². The molecule has 3 atom stereocenters. The fourth-order valence-electron chi connectivity index (χ4n) is 4.87. The topological polar surface area (TPSA) is 102 Å². The number of carbonyl (C=O) groups excluding carboxylic acids is 2. The van der Waals surface area contributed by atoms with E-state index in [1.807, 2.05) is 31.2 Å². The molecule has 0 radical (unpaired) electrons. The third-order valence-electron chi connectivity index (χ3n) is 7.10. The van der Waals surface area contributed by atoms with Crippen LogP contribution in [0.25, 0.3) is 0 Å². The van der Waals surface area contributed by atoms with Gasteiger partial charge >= 0.3 is 12.3 Å². The van der Waals surface area contributed by atoms with Gasteiger partial charge in [0.05, 0.1) is 24.2 Å². The number of ether oxygens (including phenoxy) is 2. The zero-order valence-corrected chi connectivity index (χ0v) is 23.9. The van der Waals surface area contributed by atoms with Crippen LogP contribution in [-0.2, 0) is 20.7 Å². The van der Waals surface area contributed by atoms with Crippen molar-refractivity contribution in [2.75, 3.05) is 31.6 Å². The largest absolute Gasteiger partial charge is 0.447 e. The Hall–Kier alpha value is -4.10. The maximum atomic E-state index is 14.9. The van der Waals surface area contributed by atoms with Gasteiger partial charge in [-0.1, -0.05) is 42.0 Å². The predicted octanol–water partition coefficient (Wildman–Crippen LogP) is 5.41. The molecular weight excluding hydrogens is 587 g/mol. The first kappa shape index (κ1) is 32.8. The lowest BCUT2D eigenvalue weighted by atomic mass is 9.88. The van der Waals surface area contributed by atoms with E-state index < -0.39 is 42.7 Å². The molecule has 13 heteroatoms. The monoisotopic (exact) mass is 620 g/mol. The molecule has 0 bridgehead atoms. The summed E-state index contributed by atoms with van der Waals surface area (Å²) in [6.07, 6.45) is -3.87. The molecule has 236 valence electrons. The lowest BCUT2D eigenvalue weighted by Gasteiger charge is -2.30. The zero-order chi connectivity index (χ0) is 31.7. The fourth-order valence-corrected chi connectivity index (χ4v) is 4.87. The molecule has 1 unspecified atom stereocenters. The molecule has 0 saturated carbocycles. The van der Waals surface area contributed by atoms with Crippen molar-refractivity contribution >= 4 is 17.7 Å². The van der Waals surface area contributed by atoms with Crippen molar-refractivity contribution in [1.29, 1.82) is 0 Å². The molecule has 1 aliphatic heterocycles. The van der Waals surface area contributed by atoms with Gasteiger partial charge in [0.15, 0.2) is 0 Å². The first-order chi connectivity index (χ1) is 21.0. The highest BCUT2D eigenvalue weighted by molar-refractivity contribution is 5.92. The van der Waals surface area contributed by atoms with Gasteiger partial charge in [-0.15, -0.1) is 0 Å². The highest BCUT2D eigenvalue weighted by Gasteiger charge is 2.29. The molecule has 0 spiro atoms. The number of halogens is 5. The van der Waals surface area contributed by atoms with Crippen molar-refractivity contribution in [3.63, 3.8) is 0 Å². The van der Waals surface area contributed by atoms with Crippen LogP contribution in [-0.4, -0.2) is 61.6 Å². The summed E-state index contributed by atoms with van der Waals surface area (Å²) in [5.41, 5.74) is 3.11. The van der Waals surface area contributed by atoms with Gasteiger partial charge in [0.1, 0.15) is 30.9 Å². The second kappa shape index (κ2) is 15.1. The molecule has 2 aromatic carbocycles. The van der Waals surface area contributed by atoms with Crippen LogP contribution in [0.2, 0.25) is 0 Å². The molecule has 3 aromatic rings. The molecule has 3 N–H and O–H groups in total. The molecule has 2 amide bonds. The van der Waals surface area contributed by atoms with Crippen LogP contribution < -0.4 is 16.0 Å². The van der Waals surface area contributed by atoms with Crippen molar-refractivity contribution < 1.29 is 41.0 Å². The number of amides is 2. The number of nitrogens with zero attached hydrogens (tertiary/aromatic N) is 1. The predicted molar refractivity (Wildman–Crippen MR) is 152 cm³/mol. The van der Waals surface area contributed by atoms with Crippen LogP contribution in [0.4, 0.5) is 32.4 Å². The van der Waals surface area contributed by atoms with Crippen LogP contribution in [0.5, 0.6) is 0 Å². The summed E-state index contributed by atoms with van der Waals surface area (Å²) in [7, 11) is 0. The van der Waals surface area contributed by atoms with Crippen molar-refractivity contribution in [1.82, 2.24) is 15.6 Å². The van der Waals surface area contributed by atoms with E-state index in [-0.39, 0.29) is 42.5 Å². The smallest absolute Gasteiger partial charge is 0.407 e. The molecule has 8 nitrogen and oxygen atoms in total. The van der Waals surface area contributed by atoms with Crippen LogP contribution >= 0.6 is 0 Å². The second-order valence-electron chi connectivity index (χ2n) is 10.6. The number of hydrogen-bond donors (Lipinski definition) is 3. The first-order valence-corrected chi connectivity index (χ1v) is 14.0. The average molecular weight is 621 g/mol. The minimum Gasteiger partial charge on any atom is -0.447 e. The minimum absolute atomic E-state index is 0.0124. The van der Waals surface area contributed by atoms with Crippen molar-refractivity contribution in [2.45, 2.75) is 50.5 Å². The molecule has 44 heavy (non-hydrogen) atoms. The lowest BCUT2D eigenvalue weighted by Crippen LogP contribution is -2.47. The number of carbonyl (C=O) groups is 2. The van der Waals surface area contributed by atoms with Gasteiger partial charge in [-0.3, -0.25) is 9.78 Å². The Morgan fingerprint density at radius 1 is 1.02 bits per heavy atom. The molecule has 4 rings (SSSR count). The van der Waals surface area contributed by atoms with E-state index in [1.165, 1.54) is 18.3 Å². The maximum Gasteiger partial charge on any atom is 0.407 e. The van der Waals surface area contributed by atoms with Gasteiger partial charge in [0.2, 0.25) is 5.91 Å². The maximum absolute atomic E-state index is 14.9.